The average molecular weight is 1050 g/mol. The monoisotopic (exact) mass is 1050 g/mol. The van der Waals surface area contributed by atoms with Crippen LogP contribution in [0.25, 0.3) is 0 Å². The lowest BCUT2D eigenvalue weighted by molar-refractivity contribution is -0.910. The van der Waals surface area contributed by atoms with E-state index >= 15 is 0 Å². The van der Waals surface area contributed by atoms with Crippen LogP contribution in [-0.2, 0) is 41.4 Å². The molecular formula is C61H100N4O8S+4. The quantitative estimate of drug-likeness (QED) is 0.0435. The van der Waals surface area contributed by atoms with Gasteiger partial charge in [0.15, 0.2) is 0 Å². The summed E-state index contributed by atoms with van der Waals surface area (Å²) in [7, 11) is 15.6. The lowest BCUT2D eigenvalue weighted by Gasteiger charge is -2.40. The van der Waals surface area contributed by atoms with Crippen molar-refractivity contribution in [3.63, 3.8) is 0 Å². The summed E-state index contributed by atoms with van der Waals surface area (Å²) in [5.41, 5.74) is 5.35. The summed E-state index contributed by atoms with van der Waals surface area (Å²) < 4.78 is 43.5. The molecule has 0 aliphatic carbocycles. The second kappa shape index (κ2) is 23.0. The molecule has 4 N–H and O–H groups in total. The van der Waals surface area contributed by atoms with E-state index in [1.807, 2.05) is 6.92 Å². The van der Waals surface area contributed by atoms with Crippen LogP contribution in [0.4, 0.5) is 0 Å². The van der Waals surface area contributed by atoms with E-state index in [4.69, 9.17) is 9.47 Å². The zero-order chi connectivity index (χ0) is 56.3. The molecule has 0 heterocycles. The van der Waals surface area contributed by atoms with Crippen LogP contribution in [-0.4, -0.2) is 163 Å². The van der Waals surface area contributed by atoms with Crippen molar-refractivity contribution >= 4 is 9.84 Å². The van der Waals surface area contributed by atoms with Crippen molar-refractivity contribution in [3.05, 3.63) is 112 Å². The van der Waals surface area contributed by atoms with Crippen molar-refractivity contribution in [3.8, 4) is 17.2 Å². The molecule has 0 saturated carbocycles. The van der Waals surface area contributed by atoms with E-state index in [1.165, 1.54) is 0 Å². The molecule has 0 saturated heterocycles. The number of ether oxygens (including phenoxy) is 2. The zero-order valence-electron chi connectivity index (χ0n) is 49.5. The number of nitrogens with zero attached hydrogens (tertiary/aromatic N) is 4. The van der Waals surface area contributed by atoms with E-state index in [1.54, 1.807) is 55.6 Å². The molecule has 13 heteroatoms. The number of methoxy groups -OCH3 is 1. The van der Waals surface area contributed by atoms with Gasteiger partial charge in [-0.2, -0.15) is 0 Å². The highest BCUT2D eigenvalue weighted by atomic mass is 32.2. The van der Waals surface area contributed by atoms with E-state index in [0.717, 1.165) is 57.8 Å². The first-order valence-electron chi connectivity index (χ1n) is 26.3. The van der Waals surface area contributed by atoms with Gasteiger partial charge < -0.3 is 47.8 Å². The minimum atomic E-state index is -3.78. The molecule has 0 radical (unpaired) electrons. The smallest absolute Gasteiger partial charge is 0.206 e. The normalized spacial score (nSPS) is 13.9. The number of aliphatic hydroxyl groups excluding tert-OH is 4. The third-order valence-electron chi connectivity index (χ3n) is 14.3. The van der Waals surface area contributed by atoms with Gasteiger partial charge in [-0.3, -0.25) is 0 Å². The number of benzene rings is 4. The van der Waals surface area contributed by atoms with Crippen molar-refractivity contribution < 1.29 is 56.2 Å². The molecule has 0 aliphatic heterocycles. The van der Waals surface area contributed by atoms with Crippen LogP contribution in [0.15, 0.2) is 82.6 Å². The molecule has 414 valence electrons. The Morgan fingerprint density at radius 2 is 0.716 bits per heavy atom. The second-order valence-electron chi connectivity index (χ2n) is 28.3. The van der Waals surface area contributed by atoms with Crippen LogP contribution in [0.3, 0.4) is 0 Å². The first-order valence-corrected chi connectivity index (χ1v) is 27.8. The number of rotatable bonds is 27. The Kier molecular flexibility index (Phi) is 19.5. The molecule has 4 aromatic rings. The van der Waals surface area contributed by atoms with Crippen LogP contribution in [0.2, 0.25) is 0 Å². The zero-order valence-corrected chi connectivity index (χ0v) is 50.3. The highest BCUT2D eigenvalue weighted by Gasteiger charge is 2.38. The van der Waals surface area contributed by atoms with Gasteiger partial charge in [0, 0.05) is 49.3 Å². The molecule has 0 aromatic heterocycles. The van der Waals surface area contributed by atoms with Crippen molar-refractivity contribution in [1.82, 2.24) is 0 Å². The van der Waals surface area contributed by atoms with Gasteiger partial charge in [-0.25, -0.2) is 8.42 Å². The number of quaternary nitrogens is 4. The van der Waals surface area contributed by atoms with Crippen LogP contribution < -0.4 is 9.47 Å². The van der Waals surface area contributed by atoms with Crippen LogP contribution in [0, 0.1) is 28.6 Å². The maximum atomic E-state index is 13.8. The minimum Gasteiger partial charge on any atom is -0.496 e. The Bertz CT molecular complexity index is 2520. The molecule has 12 nitrogen and oxygen atoms in total. The van der Waals surface area contributed by atoms with Crippen molar-refractivity contribution in [2.45, 2.75) is 118 Å². The summed E-state index contributed by atoms with van der Waals surface area (Å²) in [6.07, 6.45) is 0. The number of sulfone groups is 1. The van der Waals surface area contributed by atoms with Gasteiger partial charge in [0.1, 0.15) is 43.4 Å². The van der Waals surface area contributed by atoms with Crippen molar-refractivity contribution in [2.24, 2.45) is 21.7 Å². The summed E-state index contributed by atoms with van der Waals surface area (Å²) >= 11 is 0. The van der Waals surface area contributed by atoms with Gasteiger partial charge in [-0.05, 0) is 78.7 Å². The van der Waals surface area contributed by atoms with Gasteiger partial charge in [0.25, 0.3) is 0 Å². The number of aryl methyl sites for hydroxylation is 1. The summed E-state index contributed by atoms with van der Waals surface area (Å²) in [5, 5.41) is 41.8. The van der Waals surface area contributed by atoms with Crippen LogP contribution in [0.1, 0.15) is 108 Å². The van der Waals surface area contributed by atoms with E-state index in [-0.39, 0.29) is 57.9 Å². The summed E-state index contributed by atoms with van der Waals surface area (Å²) in [6.45, 7) is 28.7. The van der Waals surface area contributed by atoms with Gasteiger partial charge in [-0.1, -0.05) is 86.9 Å². The van der Waals surface area contributed by atoms with Crippen LogP contribution in [0.5, 0.6) is 17.2 Å². The maximum Gasteiger partial charge on any atom is 0.206 e. The Hall–Kier alpha value is -3.89. The Labute approximate surface area is 448 Å². The van der Waals surface area contributed by atoms with Crippen LogP contribution >= 0.6 is 0 Å². The molecular weight excluding hydrogens is 949 g/mol. The van der Waals surface area contributed by atoms with Crippen molar-refractivity contribution in [2.75, 3.05) is 116 Å². The molecule has 0 atom stereocenters. The molecule has 0 spiro atoms. The third kappa shape index (κ3) is 17.1. The molecule has 0 unspecified atom stereocenters. The molecule has 4 aromatic carbocycles. The summed E-state index contributed by atoms with van der Waals surface area (Å²) in [4.78, 5) is 0.408. The molecule has 0 amide bonds. The first-order chi connectivity index (χ1) is 33.6. The van der Waals surface area contributed by atoms with E-state index < -0.39 is 15.3 Å². The van der Waals surface area contributed by atoms with E-state index in [2.05, 4.69) is 150 Å². The fourth-order valence-electron chi connectivity index (χ4n) is 11.8. The largest absolute Gasteiger partial charge is 0.496 e. The van der Waals surface area contributed by atoms with E-state index in [9.17, 15) is 28.8 Å². The fraction of sp³-hybridized carbons (Fsp3) is 0.607. The first kappa shape index (κ1) is 62.6. The Morgan fingerprint density at radius 1 is 0.446 bits per heavy atom. The summed E-state index contributed by atoms with van der Waals surface area (Å²) in [5.74, 6) is 2.06. The fourth-order valence-corrected chi connectivity index (χ4v) is 13.1. The van der Waals surface area contributed by atoms with Gasteiger partial charge in [0.2, 0.25) is 9.84 Å². The SMILES string of the molecule is COc1c(C[N+](C)(C)CC(C)(C)CO)cc(C(C)(C)c2cc(C[N+](C)(C)CC(C)(C)CO)c(Oc3ccc(S(=O)(=O)c4ccc(C)cc4)cc3)c(C[N+](C)(C)CC(C)(C)CO)c2)cc1C[N+](C)(C)CC(C)(C)CO. The molecule has 0 aliphatic rings. The molecule has 0 fully saturated rings. The number of hydrogen-bond donors (Lipinski definition) is 4. The Balaban J connectivity index is 2.09. The maximum absolute atomic E-state index is 13.8. The Morgan fingerprint density at radius 3 is 0.986 bits per heavy atom. The molecule has 74 heavy (non-hydrogen) atoms. The predicted molar refractivity (Wildman–Crippen MR) is 301 cm³/mol. The lowest BCUT2D eigenvalue weighted by atomic mass is 9.75. The second-order valence-corrected chi connectivity index (χ2v) is 30.2. The molecule has 4 rings (SSSR count). The highest BCUT2D eigenvalue weighted by Crippen LogP contribution is 2.44. The van der Waals surface area contributed by atoms with E-state index in [0.29, 0.717) is 68.7 Å². The molecule has 0 bridgehead atoms. The lowest BCUT2D eigenvalue weighted by Crippen LogP contribution is -2.47. The average Bonchev–Trinajstić information content (AvgIpc) is 3.25. The number of hydrogen-bond acceptors (Lipinski definition) is 8. The van der Waals surface area contributed by atoms with Gasteiger partial charge in [0.05, 0.1) is 126 Å². The standard InChI is InChI=1S/C61H100N4O8S/c1-45-21-25-53(26-22-45)74(70,71)54-27-23-52(24-28-54)73-56-48(35-64(16,17)39-59(6,7)43-68)31-51(32-49(56)36-65(18,19)40-60(8,9)44-69)61(10,11)50-29-46(33-62(12,13)37-57(2,3)41-66)55(72-20)47(30-50)34-63(14,15)38-58(4,5)42-67/h21-32,66-69H,33-44H2,1-20H3/q+4. The van der Waals surface area contributed by atoms with Crippen molar-refractivity contribution in [1.29, 1.82) is 0 Å². The van der Waals surface area contributed by atoms with Gasteiger partial charge >= 0.3 is 0 Å². The third-order valence-corrected chi connectivity index (χ3v) is 16.1. The van der Waals surface area contributed by atoms with Gasteiger partial charge in [-0.15, -0.1) is 0 Å². The number of aliphatic hydroxyl groups is 4. The summed E-state index contributed by atoms with van der Waals surface area (Å²) in [6, 6.07) is 22.8. The minimum absolute atomic E-state index is 0.0304. The predicted octanol–water partition coefficient (Wildman–Crippen LogP) is 9.33. The highest BCUT2D eigenvalue weighted by molar-refractivity contribution is 7.91. The topological polar surface area (TPSA) is 134 Å².